The number of ether oxygens (including phenoxy) is 4. The lowest BCUT2D eigenvalue weighted by atomic mass is 10.1. The van der Waals surface area contributed by atoms with Gasteiger partial charge in [0.25, 0.3) is 0 Å². The summed E-state index contributed by atoms with van der Waals surface area (Å²) in [7, 11) is 1.55. The van der Waals surface area contributed by atoms with Crippen molar-refractivity contribution in [3.8, 4) is 17.2 Å². The number of carbonyl (C=O) groups is 2. The molecular formula is C23H23NO6. The Bertz CT molecular complexity index is 945. The number of amides is 1. The van der Waals surface area contributed by atoms with Gasteiger partial charge in [0.15, 0.2) is 11.5 Å². The number of rotatable bonds is 7. The monoisotopic (exact) mass is 409 g/mol. The number of anilines is 1. The largest absolute Gasteiger partial charge is 0.493 e. The summed E-state index contributed by atoms with van der Waals surface area (Å²) in [6.07, 6.45) is 6.12. The smallest absolute Gasteiger partial charge is 0.330 e. The third-order valence-corrected chi connectivity index (χ3v) is 4.15. The van der Waals surface area contributed by atoms with E-state index in [-0.39, 0.29) is 5.91 Å². The minimum absolute atomic E-state index is 0.279. The molecule has 0 atom stereocenters. The lowest BCUT2D eigenvalue weighted by Crippen LogP contribution is -2.16. The molecule has 2 aromatic carbocycles. The summed E-state index contributed by atoms with van der Waals surface area (Å²) >= 11 is 0. The van der Waals surface area contributed by atoms with Crippen LogP contribution in [0, 0.1) is 0 Å². The Labute approximate surface area is 174 Å². The van der Waals surface area contributed by atoms with Gasteiger partial charge in [0.1, 0.15) is 13.2 Å². The van der Waals surface area contributed by atoms with Crippen molar-refractivity contribution in [2.24, 2.45) is 0 Å². The van der Waals surface area contributed by atoms with Crippen LogP contribution in [0.15, 0.2) is 48.6 Å². The second-order valence-corrected chi connectivity index (χ2v) is 6.28. The van der Waals surface area contributed by atoms with Crippen molar-refractivity contribution in [1.82, 2.24) is 0 Å². The van der Waals surface area contributed by atoms with Crippen LogP contribution in [0.3, 0.4) is 0 Å². The van der Waals surface area contributed by atoms with Crippen molar-refractivity contribution in [3.63, 3.8) is 0 Å². The van der Waals surface area contributed by atoms with Crippen LogP contribution in [-0.2, 0) is 14.3 Å². The van der Waals surface area contributed by atoms with E-state index in [2.05, 4.69) is 5.32 Å². The summed E-state index contributed by atoms with van der Waals surface area (Å²) in [6.45, 7) is 3.02. The first-order chi connectivity index (χ1) is 14.6. The highest BCUT2D eigenvalue weighted by Crippen LogP contribution is 2.40. The quantitative estimate of drug-likeness (QED) is 0.555. The highest BCUT2D eigenvalue weighted by atomic mass is 16.6. The zero-order valence-corrected chi connectivity index (χ0v) is 16.8. The molecule has 156 valence electrons. The topological polar surface area (TPSA) is 83.1 Å². The number of benzene rings is 2. The summed E-state index contributed by atoms with van der Waals surface area (Å²) in [5.41, 5.74) is 2.21. The highest BCUT2D eigenvalue weighted by molar-refractivity contribution is 6.02. The van der Waals surface area contributed by atoms with Crippen LogP contribution in [0.25, 0.3) is 12.2 Å². The van der Waals surface area contributed by atoms with E-state index in [1.54, 1.807) is 62.6 Å². The number of methoxy groups -OCH3 is 1. The Morgan fingerprint density at radius 1 is 1.03 bits per heavy atom. The normalized spacial score (nSPS) is 12.7. The molecule has 0 saturated carbocycles. The molecule has 1 aliphatic heterocycles. The average molecular weight is 409 g/mol. The molecule has 1 heterocycles. The predicted octanol–water partition coefficient (Wildman–Crippen LogP) is 3.69. The molecule has 7 nitrogen and oxygen atoms in total. The van der Waals surface area contributed by atoms with E-state index in [9.17, 15) is 9.59 Å². The van der Waals surface area contributed by atoms with Gasteiger partial charge in [-0.3, -0.25) is 4.79 Å². The Hall–Kier alpha value is -3.74. The zero-order valence-electron chi connectivity index (χ0n) is 16.8. The highest BCUT2D eigenvalue weighted by Gasteiger charge is 2.17. The standard InChI is InChI=1S/C23H23NO6/c1-3-28-22(26)11-7-16-4-8-18(9-5-16)24-21(25)10-6-17-14-19(27-2)23-20(15-17)29-12-13-30-23/h4-11,14-15H,3,12-13H2,1-2H3,(H,24,25)/b10-6+,11-7+. The molecule has 0 spiro atoms. The number of fused-ring (bicyclic) bond motifs is 1. The molecule has 0 bridgehead atoms. The summed E-state index contributed by atoms with van der Waals surface area (Å²) in [5, 5.41) is 2.79. The van der Waals surface area contributed by atoms with Crippen LogP contribution in [0.4, 0.5) is 5.69 Å². The Kier molecular flexibility index (Phi) is 7.10. The second kappa shape index (κ2) is 10.2. The number of carbonyl (C=O) groups excluding carboxylic acids is 2. The molecule has 0 aromatic heterocycles. The third-order valence-electron chi connectivity index (χ3n) is 4.15. The minimum atomic E-state index is -0.393. The summed E-state index contributed by atoms with van der Waals surface area (Å²) in [6, 6.07) is 10.7. The van der Waals surface area contributed by atoms with Crippen LogP contribution in [0.1, 0.15) is 18.1 Å². The molecule has 7 heteroatoms. The van der Waals surface area contributed by atoms with Gasteiger partial charge in [0.05, 0.1) is 13.7 Å². The van der Waals surface area contributed by atoms with Crippen molar-refractivity contribution < 1.29 is 28.5 Å². The summed E-state index contributed by atoms with van der Waals surface area (Å²) in [5.74, 6) is 1.04. The average Bonchev–Trinajstić information content (AvgIpc) is 2.77. The lowest BCUT2D eigenvalue weighted by Gasteiger charge is -2.20. The van der Waals surface area contributed by atoms with Gasteiger partial charge in [-0.1, -0.05) is 12.1 Å². The van der Waals surface area contributed by atoms with E-state index in [0.717, 1.165) is 11.1 Å². The molecule has 0 radical (unpaired) electrons. The first-order valence-corrected chi connectivity index (χ1v) is 9.50. The maximum absolute atomic E-state index is 12.2. The number of nitrogens with one attached hydrogen (secondary N) is 1. The molecule has 0 aliphatic carbocycles. The van der Waals surface area contributed by atoms with Gasteiger partial charge in [-0.05, 0) is 54.5 Å². The molecule has 3 rings (SSSR count). The fourth-order valence-corrected chi connectivity index (χ4v) is 2.78. The molecule has 30 heavy (non-hydrogen) atoms. The fraction of sp³-hybridized carbons (Fsp3) is 0.217. The van der Waals surface area contributed by atoms with Crippen LogP contribution in [0.2, 0.25) is 0 Å². The van der Waals surface area contributed by atoms with Gasteiger partial charge >= 0.3 is 5.97 Å². The van der Waals surface area contributed by atoms with Crippen LogP contribution in [-0.4, -0.2) is 38.8 Å². The van der Waals surface area contributed by atoms with Gasteiger partial charge < -0.3 is 24.3 Å². The SMILES string of the molecule is CCOC(=O)/C=C/c1ccc(NC(=O)/C=C/c2cc(OC)c3c(c2)OCCO3)cc1. The van der Waals surface area contributed by atoms with Gasteiger partial charge in [-0.15, -0.1) is 0 Å². The third kappa shape index (κ3) is 5.64. The van der Waals surface area contributed by atoms with E-state index in [1.807, 2.05) is 0 Å². The molecule has 1 N–H and O–H groups in total. The van der Waals surface area contributed by atoms with E-state index in [4.69, 9.17) is 18.9 Å². The molecule has 1 aliphatic rings. The first-order valence-electron chi connectivity index (χ1n) is 9.50. The number of esters is 1. The first kappa shape index (κ1) is 21.0. The van der Waals surface area contributed by atoms with Crippen molar-refractivity contribution >= 4 is 29.7 Å². The molecule has 0 saturated heterocycles. The number of hydrogen-bond acceptors (Lipinski definition) is 6. The molecule has 0 unspecified atom stereocenters. The van der Waals surface area contributed by atoms with E-state index in [1.165, 1.54) is 12.2 Å². The van der Waals surface area contributed by atoms with Gasteiger partial charge in [0, 0.05) is 17.8 Å². The van der Waals surface area contributed by atoms with Gasteiger partial charge in [0.2, 0.25) is 11.7 Å². The molecular weight excluding hydrogens is 386 g/mol. The molecule has 0 fully saturated rings. The van der Waals surface area contributed by atoms with Crippen LogP contribution >= 0.6 is 0 Å². The van der Waals surface area contributed by atoms with E-state index >= 15 is 0 Å². The maximum Gasteiger partial charge on any atom is 0.330 e. The Balaban J connectivity index is 1.61. The number of hydrogen-bond donors (Lipinski definition) is 1. The van der Waals surface area contributed by atoms with Crippen molar-refractivity contribution in [2.75, 3.05) is 32.2 Å². The van der Waals surface area contributed by atoms with E-state index < -0.39 is 5.97 Å². The summed E-state index contributed by atoms with van der Waals surface area (Å²) in [4.78, 5) is 23.6. The van der Waals surface area contributed by atoms with Crippen LogP contribution in [0.5, 0.6) is 17.2 Å². The molecule has 1 amide bonds. The molecule has 2 aromatic rings. The van der Waals surface area contributed by atoms with Crippen molar-refractivity contribution in [3.05, 3.63) is 59.7 Å². The minimum Gasteiger partial charge on any atom is -0.493 e. The van der Waals surface area contributed by atoms with Gasteiger partial charge in [-0.2, -0.15) is 0 Å². The van der Waals surface area contributed by atoms with Crippen molar-refractivity contribution in [1.29, 1.82) is 0 Å². The summed E-state index contributed by atoms with van der Waals surface area (Å²) < 4.78 is 21.3. The lowest BCUT2D eigenvalue weighted by molar-refractivity contribution is -0.137. The Morgan fingerprint density at radius 2 is 1.77 bits per heavy atom. The van der Waals surface area contributed by atoms with Crippen molar-refractivity contribution in [2.45, 2.75) is 6.92 Å². The zero-order chi connectivity index (χ0) is 21.3. The second-order valence-electron chi connectivity index (χ2n) is 6.28. The predicted molar refractivity (Wildman–Crippen MR) is 114 cm³/mol. The van der Waals surface area contributed by atoms with Gasteiger partial charge in [-0.25, -0.2) is 4.79 Å². The van der Waals surface area contributed by atoms with E-state index in [0.29, 0.717) is 42.8 Å². The Morgan fingerprint density at radius 3 is 2.50 bits per heavy atom. The van der Waals surface area contributed by atoms with Crippen LogP contribution < -0.4 is 19.5 Å². The fourth-order valence-electron chi connectivity index (χ4n) is 2.78. The maximum atomic E-state index is 12.2.